The van der Waals surface area contributed by atoms with Crippen LogP contribution >= 0.6 is 11.3 Å². The molecule has 0 spiro atoms. The number of alkyl halides is 1. The fourth-order valence-corrected chi connectivity index (χ4v) is 7.36. The van der Waals surface area contributed by atoms with Gasteiger partial charge >= 0.3 is 6.09 Å². The smallest absolute Gasteiger partial charge is 0.404 e. The maximum atomic E-state index is 14.5. The van der Waals surface area contributed by atoms with Gasteiger partial charge in [0.05, 0.1) is 35.4 Å². The molecule has 3 fully saturated rings. The van der Waals surface area contributed by atoms with Gasteiger partial charge in [0, 0.05) is 50.7 Å². The molecule has 3 aliphatic rings. The van der Waals surface area contributed by atoms with E-state index in [4.69, 9.17) is 14.6 Å². The van der Waals surface area contributed by atoms with Crippen LogP contribution in [0, 0.1) is 12.3 Å². The van der Waals surface area contributed by atoms with Gasteiger partial charge < -0.3 is 45.4 Å². The number of aromatic nitrogens is 1. The summed E-state index contributed by atoms with van der Waals surface area (Å²) in [6.45, 7) is 10.6. The number of thiazole rings is 1. The monoisotopic (exact) mass is 746 g/mol. The highest BCUT2D eigenvalue weighted by molar-refractivity contribution is 7.13. The summed E-state index contributed by atoms with van der Waals surface area (Å²) < 4.78 is 26.6. The van der Waals surface area contributed by atoms with Crippen molar-refractivity contribution < 1.29 is 43.3 Å². The number of aliphatic hydroxyl groups is 1. The van der Waals surface area contributed by atoms with E-state index in [-0.39, 0.29) is 45.0 Å². The number of amides is 4. The molecule has 2 aromatic rings. The van der Waals surface area contributed by atoms with E-state index in [2.05, 4.69) is 25.8 Å². The quantitative estimate of drug-likeness (QED) is 0.170. The van der Waals surface area contributed by atoms with Crippen molar-refractivity contribution in [3.8, 4) is 16.2 Å². The second kappa shape index (κ2) is 16.9. The third-order valence-corrected chi connectivity index (χ3v) is 10.8. The summed E-state index contributed by atoms with van der Waals surface area (Å²) in [6, 6.07) is 3.61. The van der Waals surface area contributed by atoms with Crippen molar-refractivity contribution >= 4 is 35.2 Å². The molecule has 1 saturated carbocycles. The summed E-state index contributed by atoms with van der Waals surface area (Å²) in [7, 11) is 0. The van der Waals surface area contributed by atoms with Crippen LogP contribution in [0.25, 0.3) is 10.4 Å². The molecule has 52 heavy (non-hydrogen) atoms. The number of nitrogens with one attached hydrogen (secondary N) is 3. The first kappa shape index (κ1) is 39.3. The molecule has 2 aliphatic heterocycles. The standard InChI is InChI=1S/C36H51FN6O8S/c1-22-29(52-21-39-22)23-5-6-24(28(17-23)51-16-15-50-14-13-42-11-7-25(8-12-42)40-34(48)49)19-38-31(45)27-18-26(44)20-43(27)32(46)30(35(2,3)4)41-33(47)36(37)9-10-36/h5-6,17,21,25-27,30,40,44H,7-16,18-20H2,1-4H3,(H,38,45)(H,41,47)(H,48,49). The lowest BCUT2D eigenvalue weighted by Crippen LogP contribution is -2.59. The number of carbonyl (C=O) groups excluding carboxylic acids is 3. The fourth-order valence-electron chi connectivity index (χ4n) is 6.55. The molecule has 3 unspecified atom stereocenters. The number of halogens is 1. The number of hydrogen-bond donors (Lipinski definition) is 5. The first-order valence-corrected chi connectivity index (χ1v) is 18.7. The van der Waals surface area contributed by atoms with Gasteiger partial charge in [0.15, 0.2) is 5.67 Å². The van der Waals surface area contributed by atoms with Crippen molar-refractivity contribution in [2.24, 2.45) is 5.41 Å². The highest BCUT2D eigenvalue weighted by Gasteiger charge is 2.53. The minimum atomic E-state index is -1.97. The topological polar surface area (TPSA) is 183 Å². The van der Waals surface area contributed by atoms with Crippen LogP contribution in [0.3, 0.4) is 0 Å². The third kappa shape index (κ3) is 10.2. The van der Waals surface area contributed by atoms with Gasteiger partial charge in [-0.05, 0) is 49.7 Å². The number of carbonyl (C=O) groups is 4. The number of hydrogen-bond acceptors (Lipinski definition) is 10. The first-order chi connectivity index (χ1) is 24.6. The number of nitrogens with zero attached hydrogens (tertiary/aromatic N) is 3. The van der Waals surface area contributed by atoms with Crippen LogP contribution in [-0.2, 0) is 25.7 Å². The second-order valence-electron chi connectivity index (χ2n) is 15.0. The van der Waals surface area contributed by atoms with Gasteiger partial charge in [0.1, 0.15) is 24.4 Å². The molecule has 0 bridgehead atoms. The molecule has 2 saturated heterocycles. The van der Waals surface area contributed by atoms with Gasteiger partial charge in [0.2, 0.25) is 11.8 Å². The van der Waals surface area contributed by atoms with Crippen molar-refractivity contribution in [2.45, 2.75) is 96.2 Å². The van der Waals surface area contributed by atoms with E-state index in [1.807, 2.05) is 25.1 Å². The number of piperidine rings is 1. The Bertz CT molecular complexity index is 1590. The van der Waals surface area contributed by atoms with E-state index in [1.165, 1.54) is 16.2 Å². The van der Waals surface area contributed by atoms with Crippen LogP contribution in [0.5, 0.6) is 5.75 Å². The molecule has 0 radical (unpaired) electrons. The lowest BCUT2D eigenvalue weighted by molar-refractivity contribution is -0.145. The molecule has 1 aliphatic carbocycles. The van der Waals surface area contributed by atoms with Crippen molar-refractivity contribution in [3.63, 3.8) is 0 Å². The summed E-state index contributed by atoms with van der Waals surface area (Å²) in [5.41, 5.74) is 1.53. The van der Waals surface area contributed by atoms with Crippen molar-refractivity contribution in [3.05, 3.63) is 35.0 Å². The Morgan fingerprint density at radius 1 is 1.13 bits per heavy atom. The third-order valence-electron chi connectivity index (χ3n) is 9.83. The Morgan fingerprint density at radius 2 is 1.87 bits per heavy atom. The SMILES string of the molecule is Cc1ncsc1-c1ccc(CNC(=O)C2CC(O)CN2C(=O)C(NC(=O)C2(F)CC2)C(C)(C)C)c(OCCOCCN2CCC(NC(=O)O)CC2)c1. The van der Waals surface area contributed by atoms with Crippen LogP contribution in [-0.4, -0.2) is 125 Å². The molecule has 1 aromatic carbocycles. The summed E-state index contributed by atoms with van der Waals surface area (Å²) in [5, 5.41) is 27.5. The van der Waals surface area contributed by atoms with E-state index >= 15 is 0 Å². The van der Waals surface area contributed by atoms with E-state index < -0.39 is 53.1 Å². The van der Waals surface area contributed by atoms with E-state index in [0.717, 1.165) is 48.6 Å². The summed E-state index contributed by atoms with van der Waals surface area (Å²) in [5.74, 6) is -1.29. The summed E-state index contributed by atoms with van der Waals surface area (Å²) in [4.78, 5) is 59.8. The van der Waals surface area contributed by atoms with Crippen LogP contribution < -0.4 is 20.7 Å². The number of likely N-dealkylation sites (tertiary alicyclic amines) is 2. The predicted octanol–water partition coefficient (Wildman–Crippen LogP) is 2.86. The van der Waals surface area contributed by atoms with Crippen molar-refractivity contribution in [2.75, 3.05) is 46.0 Å². The summed E-state index contributed by atoms with van der Waals surface area (Å²) >= 11 is 1.51. The number of aryl methyl sites for hydroxylation is 1. The number of ether oxygens (including phenoxy) is 2. The zero-order valence-corrected chi connectivity index (χ0v) is 31.1. The average molecular weight is 747 g/mol. The summed E-state index contributed by atoms with van der Waals surface area (Å²) in [6.07, 6.45) is -0.167. The van der Waals surface area contributed by atoms with Gasteiger partial charge in [-0.15, -0.1) is 11.3 Å². The Hall–Kier alpha value is -3.86. The van der Waals surface area contributed by atoms with Crippen molar-refractivity contribution in [1.82, 2.24) is 30.7 Å². The van der Waals surface area contributed by atoms with Crippen LogP contribution in [0.15, 0.2) is 23.7 Å². The van der Waals surface area contributed by atoms with Crippen LogP contribution in [0.2, 0.25) is 0 Å². The lowest BCUT2D eigenvalue weighted by atomic mass is 9.85. The number of benzene rings is 1. The van der Waals surface area contributed by atoms with Crippen LogP contribution in [0.1, 0.15) is 64.1 Å². The average Bonchev–Trinajstić information content (AvgIpc) is 3.50. The van der Waals surface area contributed by atoms with Gasteiger partial charge in [0.25, 0.3) is 5.91 Å². The highest BCUT2D eigenvalue weighted by Crippen LogP contribution is 2.40. The molecule has 286 valence electrons. The number of rotatable bonds is 15. The minimum Gasteiger partial charge on any atom is -0.491 e. The van der Waals surface area contributed by atoms with E-state index in [0.29, 0.717) is 24.5 Å². The molecule has 3 atom stereocenters. The maximum absolute atomic E-state index is 14.5. The normalized spacial score (nSPS) is 21.0. The molecule has 3 heterocycles. The largest absolute Gasteiger partial charge is 0.491 e. The Kier molecular flexibility index (Phi) is 12.8. The molecule has 1 aromatic heterocycles. The Morgan fingerprint density at radius 3 is 2.50 bits per heavy atom. The second-order valence-corrected chi connectivity index (χ2v) is 15.8. The highest BCUT2D eigenvalue weighted by atomic mass is 32.1. The maximum Gasteiger partial charge on any atom is 0.404 e. The number of aliphatic hydroxyl groups excluding tert-OH is 1. The molecule has 16 heteroatoms. The van der Waals surface area contributed by atoms with Gasteiger partial charge in [-0.3, -0.25) is 14.4 Å². The lowest BCUT2D eigenvalue weighted by Gasteiger charge is -2.35. The molecule has 5 rings (SSSR count). The molecule has 14 nitrogen and oxygen atoms in total. The van der Waals surface area contributed by atoms with E-state index in [1.54, 1.807) is 26.3 Å². The molecular formula is C36H51FN6O8S. The minimum absolute atomic E-state index is 0.0176. The molecular weight excluding hydrogens is 695 g/mol. The Labute approximate surface area is 307 Å². The first-order valence-electron chi connectivity index (χ1n) is 17.9. The number of β-amino-alcohol motifs (C(OH)–C–C–N with tert-alkyl or cyclic N) is 1. The zero-order chi connectivity index (χ0) is 37.6. The van der Waals surface area contributed by atoms with Crippen LogP contribution in [0.4, 0.5) is 9.18 Å². The number of carboxylic acid groups (broad SMARTS) is 1. The van der Waals surface area contributed by atoms with Gasteiger partial charge in [-0.2, -0.15) is 0 Å². The van der Waals surface area contributed by atoms with E-state index in [9.17, 15) is 28.7 Å². The van der Waals surface area contributed by atoms with Gasteiger partial charge in [-0.1, -0.05) is 32.9 Å². The predicted molar refractivity (Wildman–Crippen MR) is 192 cm³/mol. The zero-order valence-electron chi connectivity index (χ0n) is 30.3. The molecule has 4 amide bonds. The van der Waals surface area contributed by atoms with Crippen molar-refractivity contribution in [1.29, 1.82) is 0 Å². The fraction of sp³-hybridized carbons (Fsp3) is 0.639. The molecule has 5 N–H and O–H groups in total. The van der Waals surface area contributed by atoms with Gasteiger partial charge in [-0.25, -0.2) is 14.2 Å². The Balaban J connectivity index is 1.18.